The maximum Gasteiger partial charge on any atom is 0.310 e. The second-order valence-corrected chi connectivity index (χ2v) is 4.39. The van der Waals surface area contributed by atoms with Crippen molar-refractivity contribution in [2.45, 2.75) is 12.5 Å². The molecule has 19 heavy (non-hydrogen) atoms. The van der Waals surface area contributed by atoms with Gasteiger partial charge in [0.1, 0.15) is 0 Å². The van der Waals surface area contributed by atoms with Crippen molar-refractivity contribution in [3.8, 4) is 0 Å². The summed E-state index contributed by atoms with van der Waals surface area (Å²) >= 11 is 0. The molecule has 0 aromatic carbocycles. The van der Waals surface area contributed by atoms with Gasteiger partial charge in [0.05, 0.1) is 11.6 Å². The van der Waals surface area contributed by atoms with Gasteiger partial charge in [0.25, 0.3) is 0 Å². The highest BCUT2D eigenvalue weighted by molar-refractivity contribution is 5.92. The molecule has 2 atom stereocenters. The lowest BCUT2D eigenvalue weighted by atomic mass is 10.1. The lowest BCUT2D eigenvalue weighted by molar-refractivity contribution is -0.140. The highest BCUT2D eigenvalue weighted by atomic mass is 16.4. The molecule has 0 saturated carbocycles. The largest absolute Gasteiger partial charge is 0.481 e. The molecule has 0 aliphatic heterocycles. The fourth-order valence-corrected chi connectivity index (χ4v) is 1.93. The monoisotopic (exact) mass is 261 g/mol. The summed E-state index contributed by atoms with van der Waals surface area (Å²) in [5.74, 6) is -1.62. The summed E-state index contributed by atoms with van der Waals surface area (Å²) in [6, 6.07) is 1.57. The summed E-state index contributed by atoms with van der Waals surface area (Å²) in [5.41, 5.74) is 0.820. The molecule has 0 bridgehead atoms. The summed E-state index contributed by atoms with van der Waals surface area (Å²) in [7, 11) is 1.79. The van der Waals surface area contributed by atoms with Gasteiger partial charge < -0.3 is 10.4 Å². The molecule has 1 aromatic rings. The van der Waals surface area contributed by atoms with Gasteiger partial charge in [0, 0.05) is 25.4 Å². The number of aromatic nitrogens is 2. The van der Waals surface area contributed by atoms with E-state index in [2.05, 4.69) is 10.4 Å². The van der Waals surface area contributed by atoms with Gasteiger partial charge in [0.2, 0.25) is 5.91 Å². The van der Waals surface area contributed by atoms with Gasteiger partial charge in [-0.3, -0.25) is 14.3 Å². The van der Waals surface area contributed by atoms with Crippen molar-refractivity contribution in [2.75, 3.05) is 0 Å². The van der Waals surface area contributed by atoms with E-state index in [-0.39, 0.29) is 11.9 Å². The van der Waals surface area contributed by atoms with Crippen molar-refractivity contribution in [2.24, 2.45) is 13.0 Å². The average molecular weight is 261 g/mol. The molecule has 2 N–H and O–H groups in total. The third-order valence-electron chi connectivity index (χ3n) is 2.99. The normalized spacial score (nSPS) is 21.9. The number of carboxylic acid groups (broad SMARTS) is 1. The van der Waals surface area contributed by atoms with Gasteiger partial charge in [-0.05, 0) is 18.6 Å². The second kappa shape index (κ2) is 5.51. The fourth-order valence-electron chi connectivity index (χ4n) is 1.93. The van der Waals surface area contributed by atoms with Crippen LogP contribution in [0.25, 0.3) is 6.08 Å². The Morgan fingerprint density at radius 3 is 2.89 bits per heavy atom. The number of aliphatic carboxylic acids is 1. The molecule has 6 heteroatoms. The molecule has 0 spiro atoms. The third-order valence-corrected chi connectivity index (χ3v) is 2.99. The minimum atomic E-state index is -0.863. The Hall–Kier alpha value is -2.37. The highest BCUT2D eigenvalue weighted by Gasteiger charge is 2.24. The zero-order valence-electron chi connectivity index (χ0n) is 10.5. The topological polar surface area (TPSA) is 84.2 Å². The van der Waals surface area contributed by atoms with Crippen LogP contribution in [-0.4, -0.2) is 32.8 Å². The van der Waals surface area contributed by atoms with Gasteiger partial charge in [-0.1, -0.05) is 12.2 Å². The number of carbonyl (C=O) groups is 2. The summed E-state index contributed by atoms with van der Waals surface area (Å²) in [6.45, 7) is 0. The number of amides is 1. The Labute approximate surface area is 110 Å². The zero-order valence-corrected chi connectivity index (χ0v) is 10.5. The van der Waals surface area contributed by atoms with Crippen LogP contribution in [0.4, 0.5) is 0 Å². The molecule has 0 fully saturated rings. The standard InChI is InChI=1S/C13H15N3O3/c1-16-11(6-7-14-16)4-5-12(17)15-10-3-2-9(8-10)13(18)19/h2-7,9-10H,8H2,1H3,(H,15,17)(H,18,19). The lowest BCUT2D eigenvalue weighted by Crippen LogP contribution is -2.31. The first-order chi connectivity index (χ1) is 9.06. The molecule has 1 aliphatic carbocycles. The van der Waals surface area contributed by atoms with Crippen LogP contribution in [0.1, 0.15) is 12.1 Å². The molecule has 1 aromatic heterocycles. The maximum absolute atomic E-state index is 11.7. The highest BCUT2D eigenvalue weighted by Crippen LogP contribution is 2.17. The van der Waals surface area contributed by atoms with Crippen LogP contribution in [0.15, 0.2) is 30.5 Å². The van der Waals surface area contributed by atoms with Crippen molar-refractivity contribution >= 4 is 18.0 Å². The van der Waals surface area contributed by atoms with Gasteiger partial charge in [-0.25, -0.2) is 0 Å². The van der Waals surface area contributed by atoms with Crippen molar-refractivity contribution in [1.29, 1.82) is 0 Å². The third kappa shape index (κ3) is 3.31. The summed E-state index contributed by atoms with van der Waals surface area (Å²) < 4.78 is 1.65. The number of carbonyl (C=O) groups excluding carboxylic acids is 1. The van der Waals surface area contributed by atoms with Crippen molar-refractivity contribution < 1.29 is 14.7 Å². The minimum Gasteiger partial charge on any atom is -0.481 e. The maximum atomic E-state index is 11.7. The Bertz CT molecular complexity index is 545. The molecule has 2 unspecified atom stereocenters. The Balaban J connectivity index is 1.86. The van der Waals surface area contributed by atoms with Crippen LogP contribution < -0.4 is 5.32 Å². The number of nitrogens with one attached hydrogen (secondary N) is 1. The number of hydrogen-bond donors (Lipinski definition) is 2. The second-order valence-electron chi connectivity index (χ2n) is 4.39. The van der Waals surface area contributed by atoms with Crippen molar-refractivity contribution in [3.63, 3.8) is 0 Å². The van der Waals surface area contributed by atoms with Crippen LogP contribution in [0, 0.1) is 5.92 Å². The molecule has 1 amide bonds. The van der Waals surface area contributed by atoms with E-state index in [4.69, 9.17) is 5.11 Å². The first-order valence-electron chi connectivity index (χ1n) is 5.94. The number of nitrogens with zero attached hydrogens (tertiary/aromatic N) is 2. The molecular weight excluding hydrogens is 246 g/mol. The van der Waals surface area contributed by atoms with Crippen LogP contribution in [0.2, 0.25) is 0 Å². The number of hydrogen-bond acceptors (Lipinski definition) is 3. The number of rotatable bonds is 4. The van der Waals surface area contributed by atoms with E-state index in [1.807, 2.05) is 0 Å². The molecule has 6 nitrogen and oxygen atoms in total. The molecular formula is C13H15N3O3. The Kier molecular flexibility index (Phi) is 3.79. The number of carboxylic acids is 1. The lowest BCUT2D eigenvalue weighted by Gasteiger charge is -2.10. The molecule has 2 rings (SSSR count). The van der Waals surface area contributed by atoms with E-state index in [0.717, 1.165) is 5.69 Å². The molecule has 1 aliphatic rings. The van der Waals surface area contributed by atoms with E-state index in [0.29, 0.717) is 6.42 Å². The van der Waals surface area contributed by atoms with Gasteiger partial charge in [0.15, 0.2) is 0 Å². The fraction of sp³-hybridized carbons (Fsp3) is 0.308. The quantitative estimate of drug-likeness (QED) is 0.613. The molecule has 100 valence electrons. The van der Waals surface area contributed by atoms with E-state index in [1.54, 1.807) is 42.2 Å². The number of aryl methyl sites for hydroxylation is 1. The Morgan fingerprint density at radius 1 is 1.53 bits per heavy atom. The van der Waals surface area contributed by atoms with E-state index in [1.165, 1.54) is 6.08 Å². The van der Waals surface area contributed by atoms with Crippen LogP contribution in [0.3, 0.4) is 0 Å². The van der Waals surface area contributed by atoms with E-state index < -0.39 is 11.9 Å². The smallest absolute Gasteiger partial charge is 0.310 e. The van der Waals surface area contributed by atoms with E-state index >= 15 is 0 Å². The predicted molar refractivity (Wildman–Crippen MR) is 69.1 cm³/mol. The SMILES string of the molecule is Cn1nccc1C=CC(=O)NC1C=CC(C(=O)O)C1. The van der Waals surface area contributed by atoms with E-state index in [9.17, 15) is 9.59 Å². The average Bonchev–Trinajstić information content (AvgIpc) is 2.96. The van der Waals surface area contributed by atoms with Crippen LogP contribution in [-0.2, 0) is 16.6 Å². The molecule has 0 saturated heterocycles. The predicted octanol–water partition coefficient (Wildman–Crippen LogP) is 0.579. The minimum absolute atomic E-state index is 0.218. The summed E-state index contributed by atoms with van der Waals surface area (Å²) in [6.07, 6.45) is 8.46. The Morgan fingerprint density at radius 2 is 2.32 bits per heavy atom. The van der Waals surface area contributed by atoms with Crippen LogP contribution in [0.5, 0.6) is 0 Å². The summed E-state index contributed by atoms with van der Waals surface area (Å²) in [5, 5.41) is 15.6. The van der Waals surface area contributed by atoms with Gasteiger partial charge in [-0.2, -0.15) is 5.10 Å². The first-order valence-corrected chi connectivity index (χ1v) is 5.94. The van der Waals surface area contributed by atoms with Gasteiger partial charge in [-0.15, -0.1) is 0 Å². The zero-order chi connectivity index (χ0) is 13.8. The first kappa shape index (κ1) is 13.1. The van der Waals surface area contributed by atoms with Crippen molar-refractivity contribution in [1.82, 2.24) is 15.1 Å². The van der Waals surface area contributed by atoms with Crippen molar-refractivity contribution in [3.05, 3.63) is 36.2 Å². The van der Waals surface area contributed by atoms with Gasteiger partial charge >= 0.3 is 5.97 Å². The molecule has 0 radical (unpaired) electrons. The van der Waals surface area contributed by atoms with Crippen LogP contribution >= 0.6 is 0 Å². The molecule has 1 heterocycles. The summed E-state index contributed by atoms with van der Waals surface area (Å²) in [4.78, 5) is 22.4.